The van der Waals surface area contributed by atoms with Gasteiger partial charge < -0.3 is 25.0 Å². The molecule has 0 saturated carbocycles. The first-order valence-corrected chi connectivity index (χ1v) is 9.34. The zero-order valence-electron chi connectivity index (χ0n) is 16.3. The summed E-state index contributed by atoms with van der Waals surface area (Å²) in [5, 5.41) is 6.11. The molecular formula is C18H29N5O4. The van der Waals surface area contributed by atoms with Crippen molar-refractivity contribution >= 4 is 17.9 Å². The predicted molar refractivity (Wildman–Crippen MR) is 101 cm³/mol. The minimum absolute atomic E-state index is 0.148. The first kappa shape index (κ1) is 20.9. The smallest absolute Gasteiger partial charge is 0.409 e. The molecule has 1 saturated heterocycles. The number of aryl methyl sites for hydroxylation is 1. The van der Waals surface area contributed by atoms with Crippen LogP contribution in [0.25, 0.3) is 0 Å². The van der Waals surface area contributed by atoms with E-state index in [-0.39, 0.29) is 18.0 Å². The summed E-state index contributed by atoms with van der Waals surface area (Å²) in [5.41, 5.74) is 1.06. The molecule has 0 aromatic carbocycles. The molecule has 0 unspecified atom stereocenters. The molecule has 150 valence electrons. The van der Waals surface area contributed by atoms with Crippen molar-refractivity contribution in [3.63, 3.8) is 0 Å². The predicted octanol–water partition coefficient (Wildman–Crippen LogP) is 1.58. The van der Waals surface area contributed by atoms with Gasteiger partial charge in [-0.25, -0.2) is 14.8 Å². The third-order valence-corrected chi connectivity index (χ3v) is 4.25. The maximum Gasteiger partial charge on any atom is 0.409 e. The van der Waals surface area contributed by atoms with E-state index in [2.05, 4.69) is 20.6 Å². The van der Waals surface area contributed by atoms with Gasteiger partial charge in [0.1, 0.15) is 5.69 Å². The number of anilines is 1. The Balaban J connectivity index is 1.89. The molecule has 1 aliphatic rings. The molecule has 2 N–H and O–H groups in total. The number of nitrogens with one attached hydrogen (secondary N) is 2. The topological polar surface area (TPSA) is 106 Å². The molecule has 2 amide bonds. The number of carbonyl (C=O) groups is 2. The number of nitrogens with zero attached hydrogens (tertiary/aromatic N) is 3. The second-order valence-corrected chi connectivity index (χ2v) is 6.43. The van der Waals surface area contributed by atoms with Crippen molar-refractivity contribution < 1.29 is 19.1 Å². The van der Waals surface area contributed by atoms with Crippen molar-refractivity contribution in [2.24, 2.45) is 0 Å². The van der Waals surface area contributed by atoms with Gasteiger partial charge in [0.15, 0.2) is 0 Å². The van der Waals surface area contributed by atoms with Gasteiger partial charge in [0.25, 0.3) is 5.91 Å². The Morgan fingerprint density at radius 3 is 2.70 bits per heavy atom. The van der Waals surface area contributed by atoms with Crippen LogP contribution in [0.2, 0.25) is 0 Å². The number of methoxy groups -OCH3 is 1. The molecular weight excluding hydrogens is 350 g/mol. The molecule has 0 aliphatic carbocycles. The van der Waals surface area contributed by atoms with E-state index in [1.54, 1.807) is 25.0 Å². The number of piperidine rings is 1. The molecule has 0 radical (unpaired) electrons. The molecule has 0 spiro atoms. The lowest BCUT2D eigenvalue weighted by Gasteiger charge is -2.31. The van der Waals surface area contributed by atoms with Crippen LogP contribution in [-0.2, 0) is 9.47 Å². The van der Waals surface area contributed by atoms with Crippen molar-refractivity contribution in [1.29, 1.82) is 0 Å². The van der Waals surface area contributed by atoms with Crippen LogP contribution in [0.3, 0.4) is 0 Å². The lowest BCUT2D eigenvalue weighted by molar-refractivity contribution is 0.0940. The van der Waals surface area contributed by atoms with Gasteiger partial charge in [0, 0.05) is 45.1 Å². The van der Waals surface area contributed by atoms with Crippen LogP contribution in [0, 0.1) is 6.92 Å². The Kier molecular flexibility index (Phi) is 8.25. The van der Waals surface area contributed by atoms with Crippen LogP contribution in [0.4, 0.5) is 10.7 Å². The monoisotopic (exact) mass is 379 g/mol. The number of hydrogen-bond acceptors (Lipinski definition) is 7. The minimum atomic E-state index is -0.268. The van der Waals surface area contributed by atoms with E-state index >= 15 is 0 Å². The van der Waals surface area contributed by atoms with Crippen LogP contribution in [0.5, 0.6) is 0 Å². The summed E-state index contributed by atoms with van der Waals surface area (Å²) in [6.45, 7) is 6.38. The molecule has 27 heavy (non-hydrogen) atoms. The Hall–Kier alpha value is -2.42. The molecule has 1 aliphatic heterocycles. The molecule has 9 heteroatoms. The number of rotatable bonds is 8. The highest BCUT2D eigenvalue weighted by atomic mass is 16.6. The fourth-order valence-corrected chi connectivity index (χ4v) is 2.86. The first-order chi connectivity index (χ1) is 13.0. The van der Waals surface area contributed by atoms with E-state index in [0.29, 0.717) is 44.5 Å². The SMILES string of the molecule is CCOC(=O)N1CCC(Nc2nc(C)cc(C(=O)NCCCOC)n2)CC1. The lowest BCUT2D eigenvalue weighted by atomic mass is 10.1. The van der Waals surface area contributed by atoms with Crippen LogP contribution in [0.1, 0.15) is 42.4 Å². The number of likely N-dealkylation sites (tertiary alicyclic amines) is 1. The second kappa shape index (κ2) is 10.7. The van der Waals surface area contributed by atoms with Gasteiger partial charge in [0.2, 0.25) is 5.95 Å². The highest BCUT2D eigenvalue weighted by molar-refractivity contribution is 5.92. The molecule has 1 fully saturated rings. The van der Waals surface area contributed by atoms with E-state index in [4.69, 9.17) is 9.47 Å². The van der Waals surface area contributed by atoms with Crippen molar-refractivity contribution in [3.05, 3.63) is 17.5 Å². The van der Waals surface area contributed by atoms with Crippen molar-refractivity contribution in [1.82, 2.24) is 20.2 Å². The van der Waals surface area contributed by atoms with Gasteiger partial charge in [-0.05, 0) is 39.2 Å². The summed E-state index contributed by atoms with van der Waals surface area (Å²) in [6, 6.07) is 1.82. The lowest BCUT2D eigenvalue weighted by Crippen LogP contribution is -2.42. The Bertz CT molecular complexity index is 632. The molecule has 1 aromatic rings. The molecule has 2 heterocycles. The summed E-state index contributed by atoms with van der Waals surface area (Å²) in [5.74, 6) is 0.211. The zero-order valence-corrected chi connectivity index (χ0v) is 16.3. The fourth-order valence-electron chi connectivity index (χ4n) is 2.86. The number of amides is 2. The minimum Gasteiger partial charge on any atom is -0.450 e. The average Bonchev–Trinajstić information content (AvgIpc) is 2.65. The van der Waals surface area contributed by atoms with Crippen LogP contribution in [0.15, 0.2) is 6.07 Å². The maximum absolute atomic E-state index is 12.3. The molecule has 1 aromatic heterocycles. The van der Waals surface area contributed by atoms with Gasteiger partial charge in [-0.1, -0.05) is 0 Å². The van der Waals surface area contributed by atoms with Crippen molar-refractivity contribution in [2.45, 2.75) is 39.2 Å². The summed E-state index contributed by atoms with van der Waals surface area (Å²) in [4.78, 5) is 34.4. The van der Waals surface area contributed by atoms with Crippen molar-refractivity contribution in [2.75, 3.05) is 45.3 Å². The highest BCUT2D eigenvalue weighted by Gasteiger charge is 2.24. The third-order valence-electron chi connectivity index (χ3n) is 4.25. The van der Waals surface area contributed by atoms with E-state index in [9.17, 15) is 9.59 Å². The molecule has 2 rings (SSSR count). The Morgan fingerprint density at radius 1 is 1.30 bits per heavy atom. The average molecular weight is 379 g/mol. The van der Waals surface area contributed by atoms with Crippen molar-refractivity contribution in [3.8, 4) is 0 Å². The highest BCUT2D eigenvalue weighted by Crippen LogP contribution is 2.16. The van der Waals surface area contributed by atoms with Crippen LogP contribution in [-0.4, -0.2) is 72.9 Å². The van der Waals surface area contributed by atoms with Gasteiger partial charge in [-0.2, -0.15) is 0 Å². The number of ether oxygens (including phenoxy) is 2. The van der Waals surface area contributed by atoms with E-state index < -0.39 is 0 Å². The molecule has 0 bridgehead atoms. The first-order valence-electron chi connectivity index (χ1n) is 9.34. The Morgan fingerprint density at radius 2 is 2.04 bits per heavy atom. The van der Waals surface area contributed by atoms with Gasteiger partial charge in [-0.15, -0.1) is 0 Å². The van der Waals surface area contributed by atoms with Crippen LogP contribution >= 0.6 is 0 Å². The Labute approximate surface area is 159 Å². The zero-order chi connectivity index (χ0) is 19.6. The summed E-state index contributed by atoms with van der Waals surface area (Å²) < 4.78 is 10.00. The summed E-state index contributed by atoms with van der Waals surface area (Å²) >= 11 is 0. The largest absolute Gasteiger partial charge is 0.450 e. The summed E-state index contributed by atoms with van der Waals surface area (Å²) in [7, 11) is 1.63. The number of carbonyl (C=O) groups excluding carboxylic acids is 2. The normalized spacial score (nSPS) is 14.7. The van der Waals surface area contributed by atoms with E-state index in [1.165, 1.54) is 0 Å². The van der Waals surface area contributed by atoms with Gasteiger partial charge in [-0.3, -0.25) is 4.79 Å². The van der Waals surface area contributed by atoms with E-state index in [0.717, 1.165) is 25.0 Å². The standard InChI is InChI=1S/C18H29N5O4/c1-4-27-18(25)23-9-6-14(7-10-23)21-17-20-13(2)12-15(22-17)16(24)19-8-5-11-26-3/h12,14H,4-11H2,1-3H3,(H,19,24)(H,20,21,22). The van der Waals surface area contributed by atoms with Gasteiger partial charge >= 0.3 is 6.09 Å². The van der Waals surface area contributed by atoms with E-state index in [1.807, 2.05) is 6.92 Å². The van der Waals surface area contributed by atoms with Gasteiger partial charge in [0.05, 0.1) is 6.61 Å². The van der Waals surface area contributed by atoms with Crippen LogP contribution < -0.4 is 10.6 Å². The second-order valence-electron chi connectivity index (χ2n) is 6.43. The molecule has 9 nitrogen and oxygen atoms in total. The maximum atomic E-state index is 12.3. The summed E-state index contributed by atoms with van der Waals surface area (Å²) in [6.07, 6.45) is 2.02. The third kappa shape index (κ3) is 6.67. The quantitative estimate of drug-likeness (QED) is 0.661. The fraction of sp³-hybridized carbons (Fsp3) is 0.667. The number of hydrogen-bond donors (Lipinski definition) is 2. The molecule has 0 atom stereocenters. The number of aromatic nitrogens is 2.